The van der Waals surface area contributed by atoms with E-state index in [4.69, 9.17) is 28.7 Å². The smallest absolute Gasteiger partial charge is 0.328 e. The number of primary amides is 4. The average molecular weight is 1060 g/mol. The number of hydrogen-bond donors (Lipinski definition) is 14. The van der Waals surface area contributed by atoms with Crippen LogP contribution in [-0.2, 0) is 64.0 Å². The normalized spacial score (nSPS) is 15.8. The molecule has 0 bridgehead atoms. The van der Waals surface area contributed by atoms with Gasteiger partial charge in [-0.3, -0.25) is 52.7 Å². The molecule has 0 unspecified atom stereocenters. The monoisotopic (exact) mass is 1060 g/mol. The SMILES string of the molecule is CCCCCCCCCCC[C@@H](N)CC(=O)N[C@@H](CC(N)=O)C(=O)N[C@H](Cc1ccc(O)cc1)C(=O)N[C@H](CC(N)=O)C(=O)N[C@@H](CCC(N)=O)C(=O)N1CCC[C@H]1C(=O)N[C@H](CC(N)=O)C(=O)N[C@@H](CO)C(=O)O. The van der Waals surface area contributed by atoms with Crippen LogP contribution in [0.2, 0.25) is 0 Å². The molecule has 1 heterocycles. The molecule has 75 heavy (non-hydrogen) atoms. The molecule has 27 heteroatoms. The van der Waals surface area contributed by atoms with Gasteiger partial charge in [0.05, 0.1) is 25.9 Å². The fraction of sp³-hybridized carbons (Fsp3) is 0.625. The Morgan fingerprint density at radius 2 is 1.05 bits per heavy atom. The van der Waals surface area contributed by atoms with Crippen LogP contribution >= 0.6 is 0 Å². The maximum absolute atomic E-state index is 14.2. The highest BCUT2D eigenvalue weighted by molar-refractivity contribution is 6.00. The summed E-state index contributed by atoms with van der Waals surface area (Å²) in [6.45, 7) is 0.992. The fourth-order valence-electron chi connectivity index (χ4n) is 8.21. The van der Waals surface area contributed by atoms with Crippen molar-refractivity contribution in [3.8, 4) is 5.75 Å². The Morgan fingerprint density at radius 1 is 0.587 bits per heavy atom. The number of aromatic hydroxyl groups is 1. The first-order valence-electron chi connectivity index (χ1n) is 25.1. The van der Waals surface area contributed by atoms with Gasteiger partial charge < -0.3 is 80.8 Å². The van der Waals surface area contributed by atoms with Crippen molar-refractivity contribution in [2.45, 2.75) is 177 Å². The first-order valence-corrected chi connectivity index (χ1v) is 25.1. The Hall–Kier alpha value is -7.42. The Labute approximate surface area is 434 Å². The van der Waals surface area contributed by atoms with Crippen LogP contribution < -0.4 is 60.6 Å². The lowest BCUT2D eigenvalue weighted by Gasteiger charge is -2.31. The molecule has 0 saturated carbocycles. The summed E-state index contributed by atoms with van der Waals surface area (Å²) in [4.78, 5) is 157. The molecular weight excluding hydrogens is 985 g/mol. The molecule has 1 aliphatic heterocycles. The van der Waals surface area contributed by atoms with Crippen LogP contribution in [0, 0.1) is 0 Å². The quantitative estimate of drug-likeness (QED) is 0.0287. The van der Waals surface area contributed by atoms with E-state index in [0.717, 1.165) is 37.0 Å². The third kappa shape index (κ3) is 24.4. The van der Waals surface area contributed by atoms with E-state index < -0.39 is 158 Å². The number of amides is 11. The van der Waals surface area contributed by atoms with Gasteiger partial charge in [0.15, 0.2) is 0 Å². The van der Waals surface area contributed by atoms with Gasteiger partial charge in [-0.05, 0) is 43.4 Å². The molecule has 27 nitrogen and oxygen atoms in total. The van der Waals surface area contributed by atoms with Crippen LogP contribution in [-0.4, -0.2) is 153 Å². The second-order valence-corrected chi connectivity index (χ2v) is 18.6. The van der Waals surface area contributed by atoms with Crippen LogP contribution in [0.4, 0.5) is 0 Å². The average Bonchev–Trinajstić information content (AvgIpc) is 3.83. The Kier molecular flexibility index (Phi) is 28.4. The Bertz CT molecular complexity index is 2150. The summed E-state index contributed by atoms with van der Waals surface area (Å²) in [6.07, 6.45) is 6.48. The number of carbonyl (C=O) groups is 12. The number of carboxylic acids is 1. The van der Waals surface area contributed by atoms with Crippen molar-refractivity contribution in [2.24, 2.45) is 28.7 Å². The number of hydrogen-bond acceptors (Lipinski definition) is 15. The predicted octanol–water partition coefficient (Wildman–Crippen LogP) is -3.56. The number of phenolic OH excluding ortho intramolecular Hbond substituents is 1. The van der Waals surface area contributed by atoms with E-state index in [1.54, 1.807) is 0 Å². The van der Waals surface area contributed by atoms with Crippen molar-refractivity contribution < 1.29 is 72.9 Å². The Morgan fingerprint density at radius 3 is 1.56 bits per heavy atom. The Balaban J connectivity index is 2.34. The number of carboxylic acid groups (broad SMARTS) is 1. The lowest BCUT2D eigenvalue weighted by atomic mass is 10.0. The molecule has 1 saturated heterocycles. The maximum atomic E-state index is 14.2. The van der Waals surface area contributed by atoms with Crippen molar-refractivity contribution >= 4 is 70.9 Å². The number of aliphatic carboxylic acids is 1. The number of nitrogens with zero attached hydrogens (tertiary/aromatic N) is 1. The molecule has 0 aromatic heterocycles. The number of phenols is 1. The zero-order valence-corrected chi connectivity index (χ0v) is 42.4. The molecule has 1 aliphatic rings. The number of benzene rings is 1. The molecule has 0 spiro atoms. The maximum Gasteiger partial charge on any atom is 0.328 e. The molecule has 0 aliphatic carbocycles. The topological polar surface area (TPSA) is 471 Å². The highest BCUT2D eigenvalue weighted by Gasteiger charge is 2.41. The van der Waals surface area contributed by atoms with E-state index in [1.165, 1.54) is 49.9 Å². The van der Waals surface area contributed by atoms with Crippen molar-refractivity contribution in [1.82, 2.24) is 36.8 Å². The van der Waals surface area contributed by atoms with Crippen LogP contribution in [0.1, 0.15) is 128 Å². The van der Waals surface area contributed by atoms with Crippen LogP contribution in [0.3, 0.4) is 0 Å². The van der Waals surface area contributed by atoms with Crippen LogP contribution in [0.15, 0.2) is 24.3 Å². The summed E-state index contributed by atoms with van der Waals surface area (Å²) in [6, 6.07) is -6.95. The van der Waals surface area contributed by atoms with Crippen molar-refractivity contribution in [3.63, 3.8) is 0 Å². The summed E-state index contributed by atoms with van der Waals surface area (Å²) in [5.41, 5.74) is 28.1. The number of aliphatic hydroxyl groups is 1. The number of nitrogens with one attached hydrogen (secondary N) is 6. The highest BCUT2D eigenvalue weighted by Crippen LogP contribution is 2.21. The van der Waals surface area contributed by atoms with Gasteiger partial charge in [-0.25, -0.2) is 4.79 Å². The molecule has 1 aromatic carbocycles. The fourth-order valence-corrected chi connectivity index (χ4v) is 8.21. The molecular formula is C48H76N12O15. The first kappa shape index (κ1) is 63.7. The van der Waals surface area contributed by atoms with E-state index in [2.05, 4.69) is 33.5 Å². The zero-order valence-electron chi connectivity index (χ0n) is 42.4. The predicted molar refractivity (Wildman–Crippen MR) is 267 cm³/mol. The van der Waals surface area contributed by atoms with Gasteiger partial charge in [-0.15, -0.1) is 0 Å². The number of unbranched alkanes of at least 4 members (excludes halogenated alkanes) is 8. The minimum Gasteiger partial charge on any atom is -0.508 e. The van der Waals surface area contributed by atoms with E-state index in [1.807, 2.05) is 5.32 Å². The second-order valence-electron chi connectivity index (χ2n) is 18.6. The zero-order chi connectivity index (χ0) is 56.2. The summed E-state index contributed by atoms with van der Waals surface area (Å²) in [5, 5.41) is 42.3. The number of likely N-dealkylation sites (tertiary alicyclic amines) is 1. The van der Waals surface area contributed by atoms with Gasteiger partial charge in [0.1, 0.15) is 48.0 Å². The molecule has 19 N–H and O–H groups in total. The van der Waals surface area contributed by atoms with E-state index in [-0.39, 0.29) is 38.0 Å². The number of carbonyl (C=O) groups excluding carboxylic acids is 11. The van der Waals surface area contributed by atoms with Gasteiger partial charge in [-0.1, -0.05) is 76.8 Å². The highest BCUT2D eigenvalue weighted by atomic mass is 16.4. The standard InChI is InChI=1S/C48H76N12O15/c1-2-3-4-5-6-7-8-9-10-12-28(49)22-41(67)54-32(23-38(51)64)43(69)56-31(21-27-14-16-29(62)17-15-27)42(68)57-33(24-39(52)65)44(70)55-30(18-19-37(50)63)47(73)60-20-11-13-36(60)46(72)58-34(25-40(53)66)45(71)59-35(26-61)48(74)75/h14-17,28,30-36,61-62H,2-13,18-26,49H2,1H3,(H2,50,63)(H2,51,64)(H2,52,65)(H2,53,66)(H,54,67)(H,55,70)(H,56,69)(H,57,68)(H,58,72)(H,59,71)(H,74,75)/t28-,30+,31-,32+,33-,34-,35+,36+/m1/s1. The molecule has 418 valence electrons. The molecule has 11 amide bonds. The van der Waals surface area contributed by atoms with Crippen LogP contribution in [0.5, 0.6) is 5.75 Å². The lowest BCUT2D eigenvalue weighted by molar-refractivity contribution is -0.144. The first-order chi connectivity index (χ1) is 35.4. The molecule has 1 fully saturated rings. The van der Waals surface area contributed by atoms with Crippen molar-refractivity contribution in [3.05, 3.63) is 29.8 Å². The third-order valence-corrected chi connectivity index (χ3v) is 12.2. The van der Waals surface area contributed by atoms with Gasteiger partial charge in [0.25, 0.3) is 0 Å². The largest absolute Gasteiger partial charge is 0.508 e. The van der Waals surface area contributed by atoms with Gasteiger partial charge in [0.2, 0.25) is 65.0 Å². The number of rotatable bonds is 37. The van der Waals surface area contributed by atoms with Crippen molar-refractivity contribution in [1.29, 1.82) is 0 Å². The molecule has 8 atom stereocenters. The third-order valence-electron chi connectivity index (χ3n) is 12.2. The van der Waals surface area contributed by atoms with Gasteiger partial charge in [-0.2, -0.15) is 0 Å². The lowest BCUT2D eigenvalue weighted by Crippen LogP contribution is -2.60. The van der Waals surface area contributed by atoms with E-state index >= 15 is 0 Å². The summed E-state index contributed by atoms with van der Waals surface area (Å²) >= 11 is 0. The minimum absolute atomic E-state index is 0.0290. The molecule has 0 radical (unpaired) electrons. The van der Waals surface area contributed by atoms with Crippen molar-refractivity contribution in [2.75, 3.05) is 13.2 Å². The minimum atomic E-state index is -1.88. The molecule has 1 aromatic rings. The van der Waals surface area contributed by atoms with Gasteiger partial charge in [0, 0.05) is 31.8 Å². The summed E-state index contributed by atoms with van der Waals surface area (Å²) < 4.78 is 0. The second kappa shape index (κ2) is 33.4. The van der Waals surface area contributed by atoms with Crippen LogP contribution in [0.25, 0.3) is 0 Å². The number of nitrogens with two attached hydrogens (primary N) is 5. The van der Waals surface area contributed by atoms with E-state index in [0.29, 0.717) is 12.0 Å². The van der Waals surface area contributed by atoms with Gasteiger partial charge >= 0.3 is 5.97 Å². The summed E-state index contributed by atoms with van der Waals surface area (Å²) in [7, 11) is 0. The summed E-state index contributed by atoms with van der Waals surface area (Å²) in [5.74, 6) is -13.2. The molecule has 2 rings (SSSR count). The van der Waals surface area contributed by atoms with E-state index in [9.17, 15) is 72.9 Å². The number of aliphatic hydroxyl groups excluding tert-OH is 1.